The summed E-state index contributed by atoms with van der Waals surface area (Å²) in [5.41, 5.74) is 1.23. The fourth-order valence-electron chi connectivity index (χ4n) is 2.69. The Morgan fingerprint density at radius 1 is 1.21 bits per heavy atom. The summed E-state index contributed by atoms with van der Waals surface area (Å²) in [6, 6.07) is 10.4. The zero-order valence-corrected chi connectivity index (χ0v) is 11.9. The van der Waals surface area contributed by atoms with Crippen molar-refractivity contribution in [2.75, 3.05) is 0 Å². The van der Waals surface area contributed by atoms with Gasteiger partial charge in [-0.2, -0.15) is 0 Å². The first kappa shape index (κ1) is 14.1. The third-order valence-electron chi connectivity index (χ3n) is 3.83. The summed E-state index contributed by atoms with van der Waals surface area (Å²) in [7, 11) is 0. The van der Waals surface area contributed by atoms with Gasteiger partial charge >= 0.3 is 0 Å². The molecule has 0 bridgehead atoms. The second-order valence-electron chi connectivity index (χ2n) is 5.45. The Hall–Kier alpha value is -1.31. The second-order valence-corrected chi connectivity index (χ2v) is 5.45. The summed E-state index contributed by atoms with van der Waals surface area (Å²) in [6.45, 7) is 2.18. The van der Waals surface area contributed by atoms with Crippen LogP contribution in [-0.2, 0) is 4.84 Å². The summed E-state index contributed by atoms with van der Waals surface area (Å²) < 4.78 is 0. The largest absolute Gasteiger partial charge is 0.388 e. The van der Waals surface area contributed by atoms with Gasteiger partial charge in [-0.3, -0.25) is 0 Å². The van der Waals surface area contributed by atoms with Gasteiger partial charge < -0.3 is 4.84 Å². The van der Waals surface area contributed by atoms with Crippen LogP contribution in [0.3, 0.4) is 0 Å². The zero-order chi connectivity index (χ0) is 13.3. The van der Waals surface area contributed by atoms with E-state index in [1.54, 1.807) is 0 Å². The monoisotopic (exact) mass is 259 g/mol. The molecule has 0 aliphatic heterocycles. The first-order chi connectivity index (χ1) is 9.40. The lowest BCUT2D eigenvalue weighted by Crippen LogP contribution is -2.08. The molecule has 1 saturated carbocycles. The minimum atomic E-state index is 0.103. The van der Waals surface area contributed by atoms with E-state index in [0.29, 0.717) is 5.92 Å². The van der Waals surface area contributed by atoms with Gasteiger partial charge in [0.25, 0.3) is 0 Å². The minimum absolute atomic E-state index is 0.103. The van der Waals surface area contributed by atoms with Crippen LogP contribution in [0.25, 0.3) is 0 Å². The van der Waals surface area contributed by atoms with Gasteiger partial charge in [-0.05, 0) is 30.7 Å². The molecule has 1 atom stereocenters. The van der Waals surface area contributed by atoms with E-state index in [1.165, 1.54) is 37.7 Å². The van der Waals surface area contributed by atoms with E-state index in [0.717, 1.165) is 12.8 Å². The molecule has 19 heavy (non-hydrogen) atoms. The number of nitrogens with zero attached hydrogens (tertiary/aromatic N) is 1. The summed E-state index contributed by atoms with van der Waals surface area (Å²) in [4.78, 5) is 5.74. The Labute approximate surface area is 116 Å². The van der Waals surface area contributed by atoms with Crippen LogP contribution in [0.15, 0.2) is 35.5 Å². The highest BCUT2D eigenvalue weighted by atomic mass is 16.6. The van der Waals surface area contributed by atoms with E-state index >= 15 is 0 Å². The summed E-state index contributed by atoms with van der Waals surface area (Å²) in [6.07, 6.45) is 10.9. The van der Waals surface area contributed by atoms with Crippen LogP contribution in [0.1, 0.15) is 63.5 Å². The SMILES string of the molecule is CCC[C@H](O/N=C/C1CCCCC1)c1ccccc1. The topological polar surface area (TPSA) is 21.6 Å². The van der Waals surface area contributed by atoms with Crippen LogP contribution in [0.5, 0.6) is 0 Å². The van der Waals surface area contributed by atoms with Crippen LogP contribution in [0.4, 0.5) is 0 Å². The van der Waals surface area contributed by atoms with E-state index in [9.17, 15) is 0 Å². The predicted molar refractivity (Wildman–Crippen MR) is 80.2 cm³/mol. The van der Waals surface area contributed by atoms with Crippen LogP contribution < -0.4 is 0 Å². The van der Waals surface area contributed by atoms with Crippen LogP contribution in [-0.4, -0.2) is 6.21 Å². The molecule has 104 valence electrons. The molecule has 0 heterocycles. The van der Waals surface area contributed by atoms with E-state index in [-0.39, 0.29) is 6.10 Å². The van der Waals surface area contributed by atoms with Gasteiger partial charge in [0.15, 0.2) is 6.10 Å². The summed E-state index contributed by atoms with van der Waals surface area (Å²) in [5.74, 6) is 0.631. The molecule has 0 saturated heterocycles. The van der Waals surface area contributed by atoms with Crippen molar-refractivity contribution in [1.29, 1.82) is 0 Å². The van der Waals surface area contributed by atoms with Crippen molar-refractivity contribution in [3.8, 4) is 0 Å². The lowest BCUT2D eigenvalue weighted by Gasteiger charge is -2.18. The molecular weight excluding hydrogens is 234 g/mol. The molecular formula is C17H25NO. The normalized spacial score (nSPS) is 18.6. The fourth-order valence-corrected chi connectivity index (χ4v) is 2.69. The highest BCUT2D eigenvalue weighted by Gasteiger charge is 2.13. The molecule has 0 aromatic heterocycles. The Kier molecular flexibility index (Phi) is 5.93. The van der Waals surface area contributed by atoms with Crippen molar-refractivity contribution in [1.82, 2.24) is 0 Å². The fraction of sp³-hybridized carbons (Fsp3) is 0.588. The Bertz CT molecular complexity index is 368. The number of hydrogen-bond donors (Lipinski definition) is 0. The minimum Gasteiger partial charge on any atom is -0.388 e. The number of oxime groups is 1. The van der Waals surface area contributed by atoms with Crippen molar-refractivity contribution < 1.29 is 4.84 Å². The maximum absolute atomic E-state index is 5.74. The van der Waals surface area contributed by atoms with Gasteiger partial charge in [-0.1, -0.05) is 68.1 Å². The number of rotatable bonds is 6. The number of hydrogen-bond acceptors (Lipinski definition) is 2. The molecule has 1 fully saturated rings. The quantitative estimate of drug-likeness (QED) is 0.514. The molecule has 0 N–H and O–H groups in total. The third kappa shape index (κ3) is 4.70. The lowest BCUT2D eigenvalue weighted by molar-refractivity contribution is 0.0515. The van der Waals surface area contributed by atoms with Gasteiger partial charge in [-0.25, -0.2) is 0 Å². The van der Waals surface area contributed by atoms with E-state index < -0.39 is 0 Å². The summed E-state index contributed by atoms with van der Waals surface area (Å²) in [5, 5.41) is 4.27. The number of benzene rings is 1. The average molecular weight is 259 g/mol. The Balaban J connectivity index is 1.88. The first-order valence-corrected chi connectivity index (χ1v) is 7.64. The third-order valence-corrected chi connectivity index (χ3v) is 3.83. The smallest absolute Gasteiger partial charge is 0.152 e. The van der Waals surface area contributed by atoms with Crippen LogP contribution in [0, 0.1) is 5.92 Å². The van der Waals surface area contributed by atoms with Crippen molar-refractivity contribution in [3.05, 3.63) is 35.9 Å². The molecule has 2 heteroatoms. The molecule has 0 amide bonds. The zero-order valence-electron chi connectivity index (χ0n) is 11.9. The Morgan fingerprint density at radius 3 is 2.63 bits per heavy atom. The van der Waals surface area contributed by atoms with E-state index in [2.05, 4.69) is 36.3 Å². The van der Waals surface area contributed by atoms with Crippen molar-refractivity contribution >= 4 is 6.21 Å². The molecule has 0 unspecified atom stereocenters. The highest BCUT2D eigenvalue weighted by molar-refractivity contribution is 5.59. The molecule has 2 rings (SSSR count). The van der Waals surface area contributed by atoms with Gasteiger partial charge in [0.1, 0.15) is 0 Å². The average Bonchev–Trinajstić information content (AvgIpc) is 2.48. The molecule has 2 nitrogen and oxygen atoms in total. The van der Waals surface area contributed by atoms with Gasteiger partial charge in [-0.15, -0.1) is 0 Å². The maximum atomic E-state index is 5.74. The Morgan fingerprint density at radius 2 is 1.95 bits per heavy atom. The molecule has 0 spiro atoms. The molecule has 0 radical (unpaired) electrons. The molecule has 1 aliphatic carbocycles. The van der Waals surface area contributed by atoms with Crippen molar-refractivity contribution in [3.63, 3.8) is 0 Å². The lowest BCUT2D eigenvalue weighted by atomic mass is 9.90. The highest BCUT2D eigenvalue weighted by Crippen LogP contribution is 2.24. The van der Waals surface area contributed by atoms with E-state index in [4.69, 9.17) is 4.84 Å². The summed E-state index contributed by atoms with van der Waals surface area (Å²) >= 11 is 0. The first-order valence-electron chi connectivity index (χ1n) is 7.64. The predicted octanol–water partition coefficient (Wildman–Crippen LogP) is 5.11. The standard InChI is InChI=1S/C17H25NO/c1-2-9-17(16-12-7-4-8-13-16)19-18-14-15-10-5-3-6-11-15/h4,7-8,12-15,17H,2-3,5-6,9-11H2,1H3/b18-14+/t17-/m0/s1. The van der Waals surface area contributed by atoms with E-state index in [1.807, 2.05) is 12.3 Å². The van der Waals surface area contributed by atoms with Crippen LogP contribution >= 0.6 is 0 Å². The molecule has 1 aromatic carbocycles. The van der Waals surface area contributed by atoms with Crippen molar-refractivity contribution in [2.24, 2.45) is 11.1 Å². The second kappa shape index (κ2) is 7.98. The van der Waals surface area contributed by atoms with Crippen LogP contribution in [0.2, 0.25) is 0 Å². The van der Waals surface area contributed by atoms with Gasteiger partial charge in [0.05, 0.1) is 0 Å². The van der Waals surface area contributed by atoms with Crippen molar-refractivity contribution in [2.45, 2.75) is 58.0 Å². The molecule has 1 aliphatic rings. The molecule has 1 aromatic rings. The van der Waals surface area contributed by atoms with Gasteiger partial charge in [0.2, 0.25) is 0 Å². The maximum Gasteiger partial charge on any atom is 0.152 e. The van der Waals surface area contributed by atoms with Gasteiger partial charge in [0, 0.05) is 6.21 Å².